The second kappa shape index (κ2) is 12.1. The van der Waals surface area contributed by atoms with Crippen LogP contribution >= 0.6 is 0 Å². The summed E-state index contributed by atoms with van der Waals surface area (Å²) in [6, 6.07) is 26.7. The smallest absolute Gasteiger partial charge is 0.379 e. The van der Waals surface area contributed by atoms with Crippen molar-refractivity contribution in [1.29, 1.82) is 5.26 Å². The van der Waals surface area contributed by atoms with Gasteiger partial charge in [0.05, 0.1) is 12.5 Å². The number of carbonyl (C=O) groups excluding carboxylic acids is 1. The summed E-state index contributed by atoms with van der Waals surface area (Å²) >= 11 is 0. The molecule has 8 nitrogen and oxygen atoms in total. The first-order valence-electron chi connectivity index (χ1n) is 14.6. The van der Waals surface area contributed by atoms with Gasteiger partial charge in [-0.25, -0.2) is 4.79 Å². The van der Waals surface area contributed by atoms with Gasteiger partial charge in [-0.2, -0.15) is 5.26 Å². The molecule has 226 valence electrons. The molecule has 2 heterocycles. The molecule has 1 atom stereocenters. The third-order valence-corrected chi connectivity index (χ3v) is 7.80. The zero-order valence-electron chi connectivity index (χ0n) is 25.5. The van der Waals surface area contributed by atoms with Gasteiger partial charge in [0.25, 0.3) is 0 Å². The van der Waals surface area contributed by atoms with E-state index < -0.39 is 11.9 Å². The summed E-state index contributed by atoms with van der Waals surface area (Å²) in [5.41, 5.74) is 12.5. The van der Waals surface area contributed by atoms with Crippen LogP contribution in [0, 0.1) is 32.1 Å². The zero-order chi connectivity index (χ0) is 31.7. The highest BCUT2D eigenvalue weighted by atomic mass is 16.5. The molecule has 8 heteroatoms. The van der Waals surface area contributed by atoms with Crippen LogP contribution in [0.1, 0.15) is 56.8 Å². The third kappa shape index (κ3) is 5.80. The number of hydrogen-bond acceptors (Lipinski definition) is 8. The van der Waals surface area contributed by atoms with Gasteiger partial charge in [0.15, 0.2) is 11.5 Å². The summed E-state index contributed by atoms with van der Waals surface area (Å²) in [5.74, 6) is 0.682. The van der Waals surface area contributed by atoms with E-state index in [9.17, 15) is 10.1 Å². The number of nitrogens with zero attached hydrogens (tertiary/aromatic N) is 1. The van der Waals surface area contributed by atoms with E-state index in [2.05, 4.69) is 6.07 Å². The van der Waals surface area contributed by atoms with Crippen molar-refractivity contribution in [2.24, 2.45) is 5.73 Å². The number of aryl methyl sites for hydroxylation is 3. The van der Waals surface area contributed by atoms with E-state index >= 15 is 0 Å². The van der Waals surface area contributed by atoms with Gasteiger partial charge in [0.1, 0.15) is 35.3 Å². The summed E-state index contributed by atoms with van der Waals surface area (Å²) in [6.45, 7) is 8.53. The molecule has 0 radical (unpaired) electrons. The van der Waals surface area contributed by atoms with Crippen LogP contribution in [-0.2, 0) is 6.61 Å². The summed E-state index contributed by atoms with van der Waals surface area (Å²) in [5, 5.41) is 10.9. The largest absolute Gasteiger partial charge is 0.490 e. The lowest BCUT2D eigenvalue weighted by Crippen LogP contribution is -2.21. The number of rotatable bonds is 8. The van der Waals surface area contributed by atoms with Crippen molar-refractivity contribution in [3.63, 3.8) is 0 Å². The van der Waals surface area contributed by atoms with Crippen molar-refractivity contribution in [3.8, 4) is 29.1 Å². The molecule has 5 aromatic rings. The van der Waals surface area contributed by atoms with Crippen molar-refractivity contribution in [1.82, 2.24) is 0 Å². The molecule has 0 bridgehead atoms. The summed E-state index contributed by atoms with van der Waals surface area (Å²) in [7, 11) is 0. The fourth-order valence-electron chi connectivity index (χ4n) is 5.46. The van der Waals surface area contributed by atoms with E-state index in [1.165, 1.54) is 5.56 Å². The van der Waals surface area contributed by atoms with Crippen LogP contribution in [0.5, 0.6) is 23.0 Å². The lowest BCUT2D eigenvalue weighted by molar-refractivity contribution is 0.0702. The maximum atomic E-state index is 13.1. The predicted octanol–water partition coefficient (Wildman–Crippen LogP) is 7.77. The second-order valence-corrected chi connectivity index (χ2v) is 11.0. The zero-order valence-corrected chi connectivity index (χ0v) is 25.5. The lowest BCUT2D eigenvalue weighted by Gasteiger charge is -2.27. The summed E-state index contributed by atoms with van der Waals surface area (Å²) in [6.07, 6.45) is 0. The van der Waals surface area contributed by atoms with Crippen molar-refractivity contribution in [3.05, 3.63) is 129 Å². The van der Waals surface area contributed by atoms with Gasteiger partial charge < -0.3 is 29.1 Å². The Morgan fingerprint density at radius 1 is 0.911 bits per heavy atom. The van der Waals surface area contributed by atoms with E-state index in [-0.39, 0.29) is 23.0 Å². The maximum absolute atomic E-state index is 13.1. The molecule has 1 aliphatic heterocycles. The van der Waals surface area contributed by atoms with E-state index in [1.807, 2.05) is 88.4 Å². The molecule has 4 aromatic carbocycles. The number of fused-ring (bicyclic) bond motifs is 2. The lowest BCUT2D eigenvalue weighted by atomic mass is 9.83. The SMILES string of the molecule is CCOc1cc(C2C(C#N)=C(N)Oc3cc(OC(=O)c4oc5cc(C)ccc5c4C)ccc32)ccc1OCc1ccc(C)cc1. The molecule has 6 rings (SSSR count). The number of allylic oxidation sites excluding steroid dienone is 1. The van der Waals surface area contributed by atoms with Crippen LogP contribution in [0.25, 0.3) is 11.0 Å². The average Bonchev–Trinajstić information content (AvgIpc) is 3.35. The molecule has 1 aliphatic rings. The second-order valence-electron chi connectivity index (χ2n) is 11.0. The number of nitrogens with two attached hydrogens (primary N) is 1. The van der Waals surface area contributed by atoms with E-state index in [0.29, 0.717) is 47.2 Å². The highest BCUT2D eigenvalue weighted by Gasteiger charge is 2.32. The first-order valence-corrected chi connectivity index (χ1v) is 14.6. The van der Waals surface area contributed by atoms with Crippen LogP contribution in [0.15, 0.2) is 94.7 Å². The molecule has 0 fully saturated rings. The minimum atomic E-state index is -0.627. The Hall–Kier alpha value is -5.68. The first kappa shape index (κ1) is 29.4. The van der Waals surface area contributed by atoms with Gasteiger partial charge >= 0.3 is 5.97 Å². The molecule has 0 aliphatic carbocycles. The fraction of sp³-hybridized carbons (Fsp3) is 0.189. The van der Waals surface area contributed by atoms with Gasteiger partial charge in [-0.1, -0.05) is 54.1 Å². The molecular formula is C37H32N2O6. The van der Waals surface area contributed by atoms with E-state index in [4.69, 9.17) is 29.1 Å². The van der Waals surface area contributed by atoms with Crippen LogP contribution in [0.4, 0.5) is 0 Å². The molecule has 45 heavy (non-hydrogen) atoms. The van der Waals surface area contributed by atoms with Crippen molar-refractivity contribution >= 4 is 16.9 Å². The van der Waals surface area contributed by atoms with Crippen molar-refractivity contribution in [2.45, 2.75) is 40.2 Å². The minimum Gasteiger partial charge on any atom is -0.490 e. The Labute approximate surface area is 261 Å². The number of benzene rings is 4. The normalized spacial score (nSPS) is 14.0. The number of furan rings is 1. The molecule has 2 N–H and O–H groups in total. The molecule has 0 spiro atoms. The van der Waals surface area contributed by atoms with Crippen LogP contribution in [-0.4, -0.2) is 12.6 Å². The maximum Gasteiger partial charge on any atom is 0.379 e. The molecule has 0 saturated carbocycles. The predicted molar refractivity (Wildman–Crippen MR) is 170 cm³/mol. The highest BCUT2D eigenvalue weighted by Crippen LogP contribution is 2.45. The molecule has 1 aromatic heterocycles. The summed E-state index contributed by atoms with van der Waals surface area (Å²) < 4.78 is 29.5. The van der Waals surface area contributed by atoms with Crippen molar-refractivity contribution < 1.29 is 28.2 Å². The average molecular weight is 601 g/mol. The van der Waals surface area contributed by atoms with Crippen LogP contribution in [0.3, 0.4) is 0 Å². The molecule has 1 unspecified atom stereocenters. The van der Waals surface area contributed by atoms with Gasteiger partial charge in [0.2, 0.25) is 11.6 Å². The Morgan fingerprint density at radius 2 is 1.69 bits per heavy atom. The number of nitriles is 1. The van der Waals surface area contributed by atoms with Gasteiger partial charge in [-0.3, -0.25) is 0 Å². The Morgan fingerprint density at radius 3 is 2.44 bits per heavy atom. The van der Waals surface area contributed by atoms with Crippen LogP contribution in [0.2, 0.25) is 0 Å². The number of carbonyl (C=O) groups is 1. The Bertz CT molecular complexity index is 2000. The monoisotopic (exact) mass is 600 g/mol. The van der Waals surface area contributed by atoms with Crippen molar-refractivity contribution in [2.75, 3.05) is 6.61 Å². The van der Waals surface area contributed by atoms with E-state index in [1.54, 1.807) is 18.2 Å². The fourth-order valence-corrected chi connectivity index (χ4v) is 5.46. The van der Waals surface area contributed by atoms with E-state index in [0.717, 1.165) is 22.1 Å². The van der Waals surface area contributed by atoms with Gasteiger partial charge in [-0.15, -0.1) is 0 Å². The number of esters is 1. The first-order chi connectivity index (χ1) is 21.7. The molecule has 0 saturated heterocycles. The number of ether oxygens (including phenoxy) is 4. The quantitative estimate of drug-likeness (QED) is 0.142. The Balaban J connectivity index is 1.29. The van der Waals surface area contributed by atoms with Gasteiger partial charge in [0, 0.05) is 22.6 Å². The van der Waals surface area contributed by atoms with Crippen LogP contribution < -0.4 is 24.7 Å². The summed E-state index contributed by atoms with van der Waals surface area (Å²) in [4.78, 5) is 13.1. The Kier molecular flexibility index (Phi) is 7.93. The standard InChI is InChI=1S/C37H32N2O6/c1-5-41-33-17-25(11-15-30(33)42-20-24-9-6-21(2)7-10-24)34-28-14-12-26(18-32(28)45-36(39)29(34)19-38)43-37(40)35-23(4)27-13-8-22(3)16-31(27)44-35/h6-18,34H,5,20,39H2,1-4H3. The molecular weight excluding hydrogens is 568 g/mol. The topological polar surface area (TPSA) is 117 Å². The molecule has 0 amide bonds. The third-order valence-electron chi connectivity index (χ3n) is 7.80. The highest BCUT2D eigenvalue weighted by molar-refractivity contribution is 5.97. The van der Waals surface area contributed by atoms with Gasteiger partial charge in [-0.05, 0) is 68.7 Å². The number of hydrogen-bond donors (Lipinski definition) is 1. The minimum absolute atomic E-state index is 0.0281.